The molecule has 0 unspecified atom stereocenters. The number of amides is 1. The molecule has 0 saturated heterocycles. The van der Waals surface area contributed by atoms with E-state index >= 15 is 0 Å². The molecule has 0 heterocycles. The summed E-state index contributed by atoms with van der Waals surface area (Å²) in [5.74, 6) is 0.0510. The van der Waals surface area contributed by atoms with E-state index in [-0.39, 0.29) is 5.91 Å². The highest BCUT2D eigenvalue weighted by atomic mass is 79.9. The molecule has 0 spiro atoms. The number of carbonyl (C=O) groups excluding carboxylic acids is 1. The van der Waals surface area contributed by atoms with Gasteiger partial charge in [-0.05, 0) is 30.5 Å². The maximum absolute atomic E-state index is 11.3. The van der Waals surface area contributed by atoms with Gasteiger partial charge in [-0.15, -0.1) is 0 Å². The van der Waals surface area contributed by atoms with Crippen LogP contribution in [0.3, 0.4) is 0 Å². The maximum atomic E-state index is 11.3. The first-order chi connectivity index (χ1) is 8.13. The Morgan fingerprint density at radius 1 is 1.41 bits per heavy atom. The van der Waals surface area contributed by atoms with Crippen molar-refractivity contribution in [1.29, 1.82) is 0 Å². The molecule has 1 aromatic carbocycles. The first-order valence-electron chi connectivity index (χ1n) is 5.86. The molecule has 0 aliphatic rings. The fraction of sp³-hybridized carbons (Fsp3) is 0.462. The fourth-order valence-electron chi connectivity index (χ4n) is 1.43. The zero-order chi connectivity index (χ0) is 12.7. The fourth-order valence-corrected chi connectivity index (χ4v) is 2.07. The van der Waals surface area contributed by atoms with Gasteiger partial charge in [-0.25, -0.2) is 0 Å². The number of aryl methyl sites for hydroxylation is 1. The predicted molar refractivity (Wildman–Crippen MR) is 73.9 cm³/mol. The first-order valence-corrected chi connectivity index (χ1v) is 6.65. The van der Waals surface area contributed by atoms with E-state index in [0.29, 0.717) is 13.1 Å². The van der Waals surface area contributed by atoms with Crippen LogP contribution >= 0.6 is 15.9 Å². The molecule has 0 bridgehead atoms. The van der Waals surface area contributed by atoms with Crippen molar-refractivity contribution in [1.82, 2.24) is 10.6 Å². The highest BCUT2D eigenvalue weighted by Gasteiger charge is 2.02. The first kappa shape index (κ1) is 14.2. The van der Waals surface area contributed by atoms with Crippen LogP contribution < -0.4 is 10.6 Å². The maximum Gasteiger partial charge on any atom is 0.233 e. The zero-order valence-corrected chi connectivity index (χ0v) is 11.9. The van der Waals surface area contributed by atoms with Crippen molar-refractivity contribution in [3.63, 3.8) is 0 Å². The number of halogens is 1. The molecule has 0 saturated carbocycles. The number of carbonyl (C=O) groups is 1. The van der Waals surface area contributed by atoms with Gasteiger partial charge >= 0.3 is 0 Å². The molecule has 0 aromatic heterocycles. The lowest BCUT2D eigenvalue weighted by Crippen LogP contribution is -2.33. The summed E-state index contributed by atoms with van der Waals surface area (Å²) in [5.41, 5.74) is 2.39. The van der Waals surface area contributed by atoms with Crippen LogP contribution in [0.15, 0.2) is 22.7 Å². The third-order valence-electron chi connectivity index (χ3n) is 2.38. The minimum absolute atomic E-state index is 0.0510. The molecule has 3 nitrogen and oxygen atoms in total. The van der Waals surface area contributed by atoms with E-state index in [1.807, 2.05) is 6.92 Å². The zero-order valence-electron chi connectivity index (χ0n) is 10.3. The Kier molecular flexibility index (Phi) is 6.22. The quantitative estimate of drug-likeness (QED) is 0.847. The van der Waals surface area contributed by atoms with Crippen molar-refractivity contribution in [3.05, 3.63) is 33.8 Å². The van der Waals surface area contributed by atoms with E-state index < -0.39 is 0 Å². The number of nitrogens with one attached hydrogen (secondary N) is 2. The summed E-state index contributed by atoms with van der Waals surface area (Å²) < 4.78 is 1.08. The summed E-state index contributed by atoms with van der Waals surface area (Å²) >= 11 is 3.52. The lowest BCUT2D eigenvalue weighted by molar-refractivity contribution is -0.120. The summed E-state index contributed by atoms with van der Waals surface area (Å²) in [6.45, 7) is 5.90. The van der Waals surface area contributed by atoms with Gasteiger partial charge in [-0.2, -0.15) is 0 Å². The van der Waals surface area contributed by atoms with Crippen LogP contribution in [-0.2, 0) is 11.3 Å². The normalized spacial score (nSPS) is 10.3. The van der Waals surface area contributed by atoms with Crippen molar-refractivity contribution >= 4 is 21.8 Å². The predicted octanol–water partition coefficient (Wildman–Crippen LogP) is 2.37. The average Bonchev–Trinajstić information content (AvgIpc) is 2.29. The molecule has 0 atom stereocenters. The molecular formula is C13H19BrN2O. The van der Waals surface area contributed by atoms with Crippen LogP contribution in [0.4, 0.5) is 0 Å². The van der Waals surface area contributed by atoms with Gasteiger partial charge in [0.25, 0.3) is 0 Å². The molecule has 0 fully saturated rings. The van der Waals surface area contributed by atoms with Crippen LogP contribution in [0.1, 0.15) is 24.5 Å². The van der Waals surface area contributed by atoms with Crippen LogP contribution in [0, 0.1) is 6.92 Å². The molecule has 0 radical (unpaired) electrons. The smallest absolute Gasteiger partial charge is 0.233 e. The number of rotatable bonds is 6. The van der Waals surface area contributed by atoms with Crippen LogP contribution in [0.5, 0.6) is 0 Å². The molecule has 4 heteroatoms. The van der Waals surface area contributed by atoms with Crippen molar-refractivity contribution in [2.24, 2.45) is 0 Å². The van der Waals surface area contributed by atoms with Gasteiger partial charge in [0, 0.05) is 17.6 Å². The third kappa shape index (κ3) is 5.33. The van der Waals surface area contributed by atoms with Crippen LogP contribution in [0.2, 0.25) is 0 Å². The van der Waals surface area contributed by atoms with Crippen molar-refractivity contribution in [2.75, 3.05) is 13.1 Å². The Morgan fingerprint density at radius 3 is 2.82 bits per heavy atom. The second-order valence-corrected chi connectivity index (χ2v) is 4.90. The minimum Gasteiger partial charge on any atom is -0.355 e. The second-order valence-electron chi connectivity index (χ2n) is 4.05. The van der Waals surface area contributed by atoms with Gasteiger partial charge < -0.3 is 10.6 Å². The lowest BCUT2D eigenvalue weighted by Gasteiger charge is -2.08. The molecular weight excluding hydrogens is 280 g/mol. The highest BCUT2D eigenvalue weighted by molar-refractivity contribution is 9.10. The second kappa shape index (κ2) is 7.45. The monoisotopic (exact) mass is 298 g/mol. The summed E-state index contributed by atoms with van der Waals surface area (Å²) in [6, 6.07) is 6.21. The van der Waals surface area contributed by atoms with Gasteiger partial charge in [0.1, 0.15) is 0 Å². The van der Waals surface area contributed by atoms with Crippen molar-refractivity contribution in [3.8, 4) is 0 Å². The Bertz CT molecular complexity index is 380. The van der Waals surface area contributed by atoms with E-state index in [0.717, 1.165) is 17.4 Å². The Labute approximate surface area is 111 Å². The topological polar surface area (TPSA) is 41.1 Å². The van der Waals surface area contributed by atoms with E-state index in [4.69, 9.17) is 0 Å². The molecule has 1 amide bonds. The highest BCUT2D eigenvalue weighted by Crippen LogP contribution is 2.17. The molecule has 2 N–H and O–H groups in total. The van der Waals surface area contributed by atoms with Crippen LogP contribution in [0.25, 0.3) is 0 Å². The van der Waals surface area contributed by atoms with E-state index in [9.17, 15) is 4.79 Å². The standard InChI is InChI=1S/C13H19BrN2O/c1-3-6-16-13(17)9-15-8-11-5-4-10(2)7-12(11)14/h4-5,7,15H,3,6,8-9H2,1-2H3,(H,16,17). The Hall–Kier alpha value is -0.870. The van der Waals surface area contributed by atoms with Gasteiger partial charge in [-0.1, -0.05) is 35.0 Å². The van der Waals surface area contributed by atoms with Gasteiger partial charge in [0.15, 0.2) is 0 Å². The average molecular weight is 299 g/mol. The Balaban J connectivity index is 2.33. The largest absolute Gasteiger partial charge is 0.355 e. The van der Waals surface area contributed by atoms with Gasteiger partial charge in [-0.3, -0.25) is 4.79 Å². The number of benzene rings is 1. The molecule has 1 rings (SSSR count). The van der Waals surface area contributed by atoms with Crippen LogP contribution in [-0.4, -0.2) is 19.0 Å². The molecule has 0 aliphatic heterocycles. The molecule has 0 aliphatic carbocycles. The summed E-state index contributed by atoms with van der Waals surface area (Å²) in [5, 5.41) is 5.96. The molecule has 1 aromatic rings. The number of hydrogen-bond donors (Lipinski definition) is 2. The van der Waals surface area contributed by atoms with E-state index in [1.165, 1.54) is 11.1 Å². The van der Waals surface area contributed by atoms with Gasteiger partial charge in [0.05, 0.1) is 6.54 Å². The van der Waals surface area contributed by atoms with Crippen molar-refractivity contribution < 1.29 is 4.79 Å². The SMILES string of the molecule is CCCNC(=O)CNCc1ccc(C)cc1Br. The lowest BCUT2D eigenvalue weighted by atomic mass is 10.1. The molecule has 94 valence electrons. The minimum atomic E-state index is 0.0510. The van der Waals surface area contributed by atoms with E-state index in [2.05, 4.69) is 51.7 Å². The molecule has 17 heavy (non-hydrogen) atoms. The van der Waals surface area contributed by atoms with Crippen molar-refractivity contribution in [2.45, 2.75) is 26.8 Å². The third-order valence-corrected chi connectivity index (χ3v) is 3.12. The Morgan fingerprint density at radius 2 is 2.18 bits per heavy atom. The summed E-state index contributed by atoms with van der Waals surface area (Å²) in [4.78, 5) is 11.3. The van der Waals surface area contributed by atoms with E-state index in [1.54, 1.807) is 0 Å². The number of hydrogen-bond acceptors (Lipinski definition) is 2. The summed E-state index contributed by atoms with van der Waals surface area (Å²) in [6.07, 6.45) is 0.968. The summed E-state index contributed by atoms with van der Waals surface area (Å²) in [7, 11) is 0. The van der Waals surface area contributed by atoms with Gasteiger partial charge in [0.2, 0.25) is 5.91 Å².